The number of rotatable bonds is 3. The first-order chi connectivity index (χ1) is 7.33. The van der Waals surface area contributed by atoms with Gasteiger partial charge >= 0.3 is 0 Å². The zero-order chi connectivity index (χ0) is 10.7. The molecule has 0 amide bonds. The summed E-state index contributed by atoms with van der Waals surface area (Å²) in [5, 5.41) is 12.0. The molecule has 1 atom stereocenters. The van der Waals surface area contributed by atoms with Crippen molar-refractivity contribution < 1.29 is 9.84 Å². The third kappa shape index (κ3) is 2.00. The van der Waals surface area contributed by atoms with Crippen LogP contribution < -0.4 is 4.74 Å². The monoisotopic (exact) mass is 221 g/mol. The summed E-state index contributed by atoms with van der Waals surface area (Å²) in [5.74, 6) is 0.471. The Morgan fingerprint density at radius 1 is 1.40 bits per heavy atom. The minimum absolute atomic E-state index is 0.471. The van der Waals surface area contributed by atoms with E-state index in [-0.39, 0.29) is 0 Å². The van der Waals surface area contributed by atoms with Gasteiger partial charge < -0.3 is 9.84 Å². The van der Waals surface area contributed by atoms with Crippen molar-refractivity contribution in [3.05, 3.63) is 46.3 Å². The molecule has 2 aromatic rings. The predicted octanol–water partition coefficient (Wildman–Crippen LogP) is 2.23. The number of aromatic nitrogens is 1. The van der Waals surface area contributed by atoms with Crippen LogP contribution in [0.5, 0.6) is 5.88 Å². The van der Waals surface area contributed by atoms with Crippen LogP contribution in [-0.2, 0) is 0 Å². The Labute approximate surface area is 92.0 Å². The highest BCUT2D eigenvalue weighted by molar-refractivity contribution is 7.10. The molecule has 2 rings (SSSR count). The molecule has 3 nitrogen and oxygen atoms in total. The number of hydrogen-bond acceptors (Lipinski definition) is 4. The van der Waals surface area contributed by atoms with Gasteiger partial charge in [-0.3, -0.25) is 0 Å². The molecule has 1 unspecified atom stereocenters. The summed E-state index contributed by atoms with van der Waals surface area (Å²) in [6.07, 6.45) is 0.984. The zero-order valence-electron chi connectivity index (χ0n) is 8.25. The van der Waals surface area contributed by atoms with Gasteiger partial charge in [-0.1, -0.05) is 6.07 Å². The highest BCUT2D eigenvalue weighted by atomic mass is 32.1. The maximum atomic E-state index is 10.1. The number of thiophene rings is 1. The highest BCUT2D eigenvalue weighted by Gasteiger charge is 2.16. The molecular weight excluding hydrogens is 210 g/mol. The van der Waals surface area contributed by atoms with Gasteiger partial charge in [-0.2, -0.15) is 0 Å². The van der Waals surface area contributed by atoms with Crippen molar-refractivity contribution in [3.8, 4) is 5.88 Å². The molecule has 0 saturated carbocycles. The highest BCUT2D eigenvalue weighted by Crippen LogP contribution is 2.30. The Balaban J connectivity index is 2.37. The Hall–Kier alpha value is -1.39. The van der Waals surface area contributed by atoms with E-state index < -0.39 is 6.10 Å². The van der Waals surface area contributed by atoms with Gasteiger partial charge in [-0.25, -0.2) is 4.98 Å². The zero-order valence-corrected chi connectivity index (χ0v) is 9.07. The van der Waals surface area contributed by atoms with Crippen molar-refractivity contribution in [3.63, 3.8) is 0 Å². The van der Waals surface area contributed by atoms with Crippen LogP contribution in [-0.4, -0.2) is 17.2 Å². The van der Waals surface area contributed by atoms with Crippen LogP contribution in [0.4, 0.5) is 0 Å². The van der Waals surface area contributed by atoms with E-state index in [9.17, 15) is 5.11 Å². The average Bonchev–Trinajstić information content (AvgIpc) is 2.81. The first-order valence-corrected chi connectivity index (χ1v) is 5.41. The molecular formula is C11H11NO2S. The van der Waals surface area contributed by atoms with Crippen molar-refractivity contribution in [2.75, 3.05) is 7.11 Å². The van der Waals surface area contributed by atoms with Crippen LogP contribution in [0.2, 0.25) is 0 Å². The first kappa shape index (κ1) is 10.1. The van der Waals surface area contributed by atoms with Crippen LogP contribution in [0.3, 0.4) is 0 Å². The normalized spacial score (nSPS) is 12.4. The molecule has 0 aliphatic carbocycles. The van der Waals surface area contributed by atoms with Crippen molar-refractivity contribution in [2.45, 2.75) is 6.10 Å². The van der Waals surface area contributed by atoms with Gasteiger partial charge in [0, 0.05) is 16.6 Å². The molecule has 0 fully saturated rings. The van der Waals surface area contributed by atoms with Gasteiger partial charge in [-0.15, -0.1) is 11.3 Å². The van der Waals surface area contributed by atoms with Crippen LogP contribution in [0.25, 0.3) is 0 Å². The SMILES string of the molecule is COc1ncccc1C(O)c1cccs1. The molecule has 0 aliphatic rings. The summed E-state index contributed by atoms with van der Waals surface area (Å²) >= 11 is 1.51. The predicted molar refractivity (Wildman–Crippen MR) is 59.2 cm³/mol. The largest absolute Gasteiger partial charge is 0.481 e. The Morgan fingerprint density at radius 3 is 2.93 bits per heavy atom. The van der Waals surface area contributed by atoms with Crippen LogP contribution >= 0.6 is 11.3 Å². The molecule has 0 aromatic carbocycles. The van der Waals surface area contributed by atoms with Gasteiger partial charge in [0.05, 0.1) is 7.11 Å². The molecule has 0 radical (unpaired) electrons. The van der Waals surface area contributed by atoms with E-state index in [1.165, 1.54) is 11.3 Å². The quantitative estimate of drug-likeness (QED) is 0.864. The van der Waals surface area contributed by atoms with Crippen LogP contribution in [0, 0.1) is 0 Å². The number of methoxy groups -OCH3 is 1. The second-order valence-electron chi connectivity index (χ2n) is 3.02. The summed E-state index contributed by atoms with van der Waals surface area (Å²) in [5.41, 5.74) is 0.697. The standard InChI is InChI=1S/C11H11NO2S/c1-14-11-8(4-2-6-12-11)10(13)9-5-3-7-15-9/h2-7,10,13H,1H3. The van der Waals surface area contributed by atoms with Crippen molar-refractivity contribution in [1.82, 2.24) is 4.98 Å². The fourth-order valence-electron chi connectivity index (χ4n) is 1.38. The maximum Gasteiger partial charge on any atom is 0.219 e. The summed E-state index contributed by atoms with van der Waals surface area (Å²) in [6, 6.07) is 7.40. The van der Waals surface area contributed by atoms with Gasteiger partial charge in [0.25, 0.3) is 0 Å². The minimum Gasteiger partial charge on any atom is -0.481 e. The summed E-state index contributed by atoms with van der Waals surface area (Å²) < 4.78 is 5.10. The van der Waals surface area contributed by atoms with Crippen molar-refractivity contribution in [2.24, 2.45) is 0 Å². The fraction of sp³-hybridized carbons (Fsp3) is 0.182. The van der Waals surface area contributed by atoms with E-state index in [0.29, 0.717) is 11.4 Å². The van der Waals surface area contributed by atoms with Crippen molar-refractivity contribution in [1.29, 1.82) is 0 Å². The molecule has 0 bridgehead atoms. The molecule has 0 saturated heterocycles. The third-order valence-corrected chi connectivity index (χ3v) is 3.03. The average molecular weight is 221 g/mol. The first-order valence-electron chi connectivity index (χ1n) is 4.53. The second-order valence-corrected chi connectivity index (χ2v) is 4.00. The topological polar surface area (TPSA) is 42.4 Å². The number of aliphatic hydroxyl groups is 1. The maximum absolute atomic E-state index is 10.1. The molecule has 15 heavy (non-hydrogen) atoms. The van der Waals surface area contributed by atoms with E-state index >= 15 is 0 Å². The number of aliphatic hydroxyl groups excluding tert-OH is 1. The molecule has 78 valence electrons. The number of nitrogens with zero attached hydrogens (tertiary/aromatic N) is 1. The second kappa shape index (κ2) is 4.42. The third-order valence-electron chi connectivity index (χ3n) is 2.10. The summed E-state index contributed by atoms with van der Waals surface area (Å²) in [7, 11) is 1.55. The van der Waals surface area contributed by atoms with Gasteiger partial charge in [0.15, 0.2) is 0 Å². The van der Waals surface area contributed by atoms with Crippen LogP contribution in [0.1, 0.15) is 16.5 Å². The van der Waals surface area contributed by atoms with E-state index in [1.807, 2.05) is 23.6 Å². The molecule has 2 heterocycles. The lowest BCUT2D eigenvalue weighted by Gasteiger charge is -2.11. The summed E-state index contributed by atoms with van der Waals surface area (Å²) in [4.78, 5) is 4.94. The number of hydrogen-bond donors (Lipinski definition) is 1. The lowest BCUT2D eigenvalue weighted by atomic mass is 10.1. The molecule has 0 spiro atoms. The Kier molecular flexibility index (Phi) is 2.99. The van der Waals surface area contributed by atoms with Crippen molar-refractivity contribution >= 4 is 11.3 Å². The van der Waals surface area contributed by atoms with Gasteiger partial charge in [0.2, 0.25) is 5.88 Å². The fourth-order valence-corrected chi connectivity index (χ4v) is 2.11. The van der Waals surface area contributed by atoms with Gasteiger partial charge in [-0.05, 0) is 23.6 Å². The van der Waals surface area contributed by atoms with E-state index in [2.05, 4.69) is 4.98 Å². The van der Waals surface area contributed by atoms with E-state index in [0.717, 1.165) is 4.88 Å². The van der Waals surface area contributed by atoms with E-state index in [1.54, 1.807) is 19.4 Å². The number of ether oxygens (including phenoxy) is 1. The Morgan fingerprint density at radius 2 is 2.27 bits per heavy atom. The molecule has 0 aliphatic heterocycles. The van der Waals surface area contributed by atoms with Crippen LogP contribution in [0.15, 0.2) is 35.8 Å². The van der Waals surface area contributed by atoms with Gasteiger partial charge in [0.1, 0.15) is 6.10 Å². The minimum atomic E-state index is -0.659. The summed E-state index contributed by atoms with van der Waals surface area (Å²) in [6.45, 7) is 0. The lowest BCUT2D eigenvalue weighted by Crippen LogP contribution is -2.01. The smallest absolute Gasteiger partial charge is 0.219 e. The Bertz CT molecular complexity index is 428. The number of pyridine rings is 1. The molecule has 1 N–H and O–H groups in total. The molecule has 2 aromatic heterocycles. The van der Waals surface area contributed by atoms with E-state index in [4.69, 9.17) is 4.74 Å². The lowest BCUT2D eigenvalue weighted by molar-refractivity contribution is 0.217. The molecule has 4 heteroatoms.